The number of hydrogen-bond donors (Lipinski definition) is 2. The first kappa shape index (κ1) is 22.1. The Morgan fingerprint density at radius 2 is 1.75 bits per heavy atom. The molecular weight excluding hydrogens is 469 g/mol. The van der Waals surface area contributed by atoms with E-state index in [2.05, 4.69) is 15.6 Å². The predicted octanol–water partition coefficient (Wildman–Crippen LogP) is 6.53. The molecule has 0 bridgehead atoms. The van der Waals surface area contributed by atoms with Crippen LogP contribution >= 0.6 is 34.5 Å². The molecule has 32 heavy (non-hydrogen) atoms. The van der Waals surface area contributed by atoms with Crippen molar-refractivity contribution in [2.24, 2.45) is 0 Å². The monoisotopic (exact) mass is 485 g/mol. The molecule has 4 aromatic rings. The average molecular weight is 486 g/mol. The summed E-state index contributed by atoms with van der Waals surface area (Å²) in [5, 5.41) is 8.48. The number of rotatable bonds is 7. The van der Waals surface area contributed by atoms with Crippen LogP contribution in [-0.2, 0) is 11.2 Å². The minimum absolute atomic E-state index is 0.165. The van der Waals surface area contributed by atoms with Gasteiger partial charge in [-0.25, -0.2) is 4.98 Å². The number of aromatic nitrogens is 1. The molecule has 2 N–H and O–H groups in total. The molecule has 4 rings (SSSR count). The highest BCUT2D eigenvalue weighted by atomic mass is 35.5. The summed E-state index contributed by atoms with van der Waals surface area (Å²) >= 11 is 13.5. The van der Waals surface area contributed by atoms with E-state index in [-0.39, 0.29) is 18.2 Å². The Hall–Kier alpha value is -3.13. The highest BCUT2D eigenvalue weighted by Crippen LogP contribution is 2.31. The third kappa shape index (κ3) is 5.56. The molecule has 0 aliphatic carbocycles. The van der Waals surface area contributed by atoms with Gasteiger partial charge in [0.25, 0.3) is 5.91 Å². The Balaban J connectivity index is 1.29. The number of hydrogen-bond acceptors (Lipinski definition) is 5. The van der Waals surface area contributed by atoms with Gasteiger partial charge in [-0.1, -0.05) is 29.3 Å². The number of aryl methyl sites for hydroxylation is 1. The Labute approximate surface area is 198 Å². The van der Waals surface area contributed by atoms with Crippen LogP contribution in [0, 0.1) is 0 Å². The Morgan fingerprint density at radius 3 is 2.44 bits per heavy atom. The molecule has 2 heterocycles. The van der Waals surface area contributed by atoms with Crippen molar-refractivity contribution in [3.8, 4) is 11.3 Å². The summed E-state index contributed by atoms with van der Waals surface area (Å²) in [7, 11) is 0. The van der Waals surface area contributed by atoms with Crippen LogP contribution in [0.15, 0.2) is 70.6 Å². The quantitative estimate of drug-likeness (QED) is 0.311. The normalized spacial score (nSPS) is 10.7. The van der Waals surface area contributed by atoms with Crippen molar-refractivity contribution in [1.82, 2.24) is 4.98 Å². The minimum Gasteiger partial charge on any atom is -0.441 e. The lowest BCUT2D eigenvalue weighted by molar-refractivity contribution is -0.116. The summed E-state index contributed by atoms with van der Waals surface area (Å²) in [6.45, 7) is 0. The number of amides is 2. The van der Waals surface area contributed by atoms with Crippen LogP contribution in [0.25, 0.3) is 11.3 Å². The zero-order chi connectivity index (χ0) is 22.5. The zero-order valence-corrected chi connectivity index (χ0v) is 18.9. The first-order valence-electron chi connectivity index (χ1n) is 9.63. The van der Waals surface area contributed by atoms with Crippen molar-refractivity contribution in [2.75, 3.05) is 10.6 Å². The molecule has 0 aliphatic rings. The molecule has 0 atom stereocenters. The predicted molar refractivity (Wildman–Crippen MR) is 128 cm³/mol. The van der Waals surface area contributed by atoms with Crippen LogP contribution in [0.2, 0.25) is 10.0 Å². The van der Waals surface area contributed by atoms with Gasteiger partial charge in [-0.05, 0) is 53.9 Å². The summed E-state index contributed by atoms with van der Waals surface area (Å²) in [5.41, 5.74) is 1.96. The lowest BCUT2D eigenvalue weighted by atomic mass is 10.2. The third-order valence-corrected chi connectivity index (χ3v) is 5.90. The smallest absolute Gasteiger partial charge is 0.265 e. The van der Waals surface area contributed by atoms with Crippen molar-refractivity contribution in [3.63, 3.8) is 0 Å². The van der Waals surface area contributed by atoms with Gasteiger partial charge >= 0.3 is 0 Å². The molecule has 0 radical (unpaired) electrons. The number of carbonyl (C=O) groups excluding carboxylic acids is 2. The number of nitrogens with one attached hydrogen (secondary N) is 2. The number of oxazole rings is 1. The standard InChI is InChI=1S/C23H17Cl2N3O3S/c24-14-3-8-17(18(25)12-14)19-13-26-22(31-19)10-9-21(29)27-15-4-6-16(7-5-15)28-23(30)20-2-1-11-32-20/h1-8,11-13H,9-10H2,(H,27,29)(H,28,30). The van der Waals surface area contributed by atoms with Gasteiger partial charge in [0.05, 0.1) is 16.1 Å². The van der Waals surface area contributed by atoms with Gasteiger partial charge in [-0.15, -0.1) is 11.3 Å². The van der Waals surface area contributed by atoms with Gasteiger partial charge in [-0.2, -0.15) is 0 Å². The minimum atomic E-state index is -0.176. The molecule has 162 valence electrons. The molecule has 6 nitrogen and oxygen atoms in total. The molecule has 9 heteroatoms. The fourth-order valence-corrected chi connectivity index (χ4v) is 4.04. The summed E-state index contributed by atoms with van der Waals surface area (Å²) in [6.07, 6.45) is 2.11. The molecule has 2 aromatic carbocycles. The number of thiophene rings is 1. The fraction of sp³-hybridized carbons (Fsp3) is 0.0870. The number of nitrogens with zero attached hydrogens (tertiary/aromatic N) is 1. The Kier molecular flexibility index (Phi) is 6.90. The van der Waals surface area contributed by atoms with Crippen molar-refractivity contribution < 1.29 is 14.0 Å². The van der Waals surface area contributed by atoms with E-state index in [0.717, 1.165) is 0 Å². The second-order valence-electron chi connectivity index (χ2n) is 6.80. The maximum atomic E-state index is 12.3. The lowest BCUT2D eigenvalue weighted by Crippen LogP contribution is -2.13. The SMILES string of the molecule is O=C(CCc1ncc(-c2ccc(Cl)cc2Cl)o1)Nc1ccc(NC(=O)c2cccs2)cc1. The highest BCUT2D eigenvalue weighted by Gasteiger charge is 2.12. The van der Waals surface area contributed by atoms with Crippen molar-refractivity contribution in [2.45, 2.75) is 12.8 Å². The number of benzene rings is 2. The van der Waals surface area contributed by atoms with E-state index < -0.39 is 0 Å². The maximum Gasteiger partial charge on any atom is 0.265 e. The van der Waals surface area contributed by atoms with Gasteiger partial charge < -0.3 is 15.1 Å². The number of anilines is 2. The zero-order valence-electron chi connectivity index (χ0n) is 16.6. The van der Waals surface area contributed by atoms with E-state index in [1.54, 1.807) is 54.7 Å². The molecule has 0 saturated carbocycles. The van der Waals surface area contributed by atoms with Gasteiger partial charge in [0, 0.05) is 34.8 Å². The van der Waals surface area contributed by atoms with E-state index in [9.17, 15) is 9.59 Å². The van der Waals surface area contributed by atoms with E-state index >= 15 is 0 Å². The van der Waals surface area contributed by atoms with Gasteiger partial charge in [-0.3, -0.25) is 9.59 Å². The highest BCUT2D eigenvalue weighted by molar-refractivity contribution is 7.12. The first-order valence-corrected chi connectivity index (χ1v) is 11.3. The van der Waals surface area contributed by atoms with Crippen molar-refractivity contribution in [1.29, 1.82) is 0 Å². The second-order valence-corrected chi connectivity index (χ2v) is 8.59. The van der Waals surface area contributed by atoms with Crippen LogP contribution < -0.4 is 10.6 Å². The van der Waals surface area contributed by atoms with E-state index in [1.807, 2.05) is 11.4 Å². The molecule has 0 saturated heterocycles. The molecule has 2 amide bonds. The van der Waals surface area contributed by atoms with Gasteiger partial charge in [0.15, 0.2) is 11.7 Å². The fourth-order valence-electron chi connectivity index (χ4n) is 2.92. The first-order chi connectivity index (χ1) is 15.5. The second kappa shape index (κ2) is 9.99. The molecule has 0 fully saturated rings. The van der Waals surface area contributed by atoms with Crippen LogP contribution in [0.5, 0.6) is 0 Å². The van der Waals surface area contributed by atoms with Crippen LogP contribution in [0.3, 0.4) is 0 Å². The molecule has 0 aliphatic heterocycles. The summed E-state index contributed by atoms with van der Waals surface area (Å²) in [4.78, 5) is 29.2. The Bertz CT molecular complexity index is 1240. The average Bonchev–Trinajstić information content (AvgIpc) is 3.46. The van der Waals surface area contributed by atoms with E-state index in [4.69, 9.17) is 27.6 Å². The summed E-state index contributed by atoms with van der Waals surface area (Å²) in [6, 6.07) is 15.6. The lowest BCUT2D eigenvalue weighted by Gasteiger charge is -2.07. The largest absolute Gasteiger partial charge is 0.441 e. The topological polar surface area (TPSA) is 84.2 Å². The molecular formula is C23H17Cl2N3O3S. The van der Waals surface area contributed by atoms with Gasteiger partial charge in [0.1, 0.15) is 0 Å². The third-order valence-electron chi connectivity index (χ3n) is 4.49. The summed E-state index contributed by atoms with van der Waals surface area (Å²) in [5.74, 6) is 0.613. The van der Waals surface area contributed by atoms with E-state index in [0.29, 0.717) is 49.9 Å². The number of halogens is 2. The Morgan fingerprint density at radius 1 is 1.00 bits per heavy atom. The number of carbonyl (C=O) groups is 2. The molecule has 0 spiro atoms. The van der Waals surface area contributed by atoms with Gasteiger partial charge in [0.2, 0.25) is 5.91 Å². The molecule has 0 unspecified atom stereocenters. The van der Waals surface area contributed by atoms with Crippen molar-refractivity contribution in [3.05, 3.63) is 87.0 Å². The van der Waals surface area contributed by atoms with E-state index in [1.165, 1.54) is 11.3 Å². The van der Waals surface area contributed by atoms with Crippen LogP contribution in [0.1, 0.15) is 22.0 Å². The van der Waals surface area contributed by atoms with Crippen LogP contribution in [-0.4, -0.2) is 16.8 Å². The molecule has 2 aromatic heterocycles. The summed E-state index contributed by atoms with van der Waals surface area (Å²) < 4.78 is 5.72. The van der Waals surface area contributed by atoms with Crippen molar-refractivity contribution >= 4 is 57.7 Å². The van der Waals surface area contributed by atoms with Crippen LogP contribution in [0.4, 0.5) is 11.4 Å². The maximum absolute atomic E-state index is 12.3.